The second-order valence-corrected chi connectivity index (χ2v) is 4.35. The Morgan fingerprint density at radius 2 is 2.00 bits per heavy atom. The minimum atomic E-state index is 0.187. The van der Waals surface area contributed by atoms with E-state index < -0.39 is 0 Å². The number of hydrogen-bond acceptors (Lipinski definition) is 2. The van der Waals surface area contributed by atoms with Crippen LogP contribution in [0.25, 0.3) is 0 Å². The molecule has 80 valence electrons. The molecule has 2 nitrogen and oxygen atoms in total. The van der Waals surface area contributed by atoms with Crippen molar-refractivity contribution in [3.8, 4) is 0 Å². The van der Waals surface area contributed by atoms with E-state index in [0.29, 0.717) is 5.88 Å². The summed E-state index contributed by atoms with van der Waals surface area (Å²) in [4.78, 5) is 0. The molecule has 0 aliphatic heterocycles. The number of halogens is 1. The minimum Gasteiger partial charge on any atom is -0.380 e. The third kappa shape index (κ3) is 8.54. The van der Waals surface area contributed by atoms with Crippen LogP contribution < -0.4 is 5.32 Å². The van der Waals surface area contributed by atoms with Crippen molar-refractivity contribution < 1.29 is 4.74 Å². The Morgan fingerprint density at radius 3 is 2.54 bits per heavy atom. The van der Waals surface area contributed by atoms with E-state index in [1.807, 2.05) is 0 Å². The first kappa shape index (κ1) is 13.2. The van der Waals surface area contributed by atoms with Gasteiger partial charge in [-0.1, -0.05) is 20.8 Å². The summed E-state index contributed by atoms with van der Waals surface area (Å²) in [5.74, 6) is 0.690. The molecule has 0 aromatic carbocycles. The van der Waals surface area contributed by atoms with E-state index in [-0.39, 0.29) is 5.41 Å². The molecule has 0 bridgehead atoms. The van der Waals surface area contributed by atoms with Crippen LogP contribution in [0.15, 0.2) is 0 Å². The molecule has 0 atom stereocenters. The average Bonchev–Trinajstić information content (AvgIpc) is 2.11. The third-order valence-electron chi connectivity index (χ3n) is 1.74. The lowest BCUT2D eigenvalue weighted by Gasteiger charge is -2.21. The number of rotatable bonds is 8. The molecular weight excluding hydrogens is 186 g/mol. The Morgan fingerprint density at radius 1 is 1.31 bits per heavy atom. The molecule has 0 aromatic rings. The van der Waals surface area contributed by atoms with E-state index in [1.54, 1.807) is 0 Å². The lowest BCUT2D eigenvalue weighted by molar-refractivity contribution is 0.134. The Hall–Kier alpha value is 0.210. The van der Waals surface area contributed by atoms with Gasteiger partial charge in [0.2, 0.25) is 0 Å². The van der Waals surface area contributed by atoms with Gasteiger partial charge in [-0.2, -0.15) is 0 Å². The van der Waals surface area contributed by atoms with Crippen molar-refractivity contribution in [1.29, 1.82) is 0 Å². The zero-order chi connectivity index (χ0) is 10.2. The molecule has 3 heteroatoms. The normalized spacial score (nSPS) is 12.0. The van der Waals surface area contributed by atoms with Crippen LogP contribution in [0.4, 0.5) is 0 Å². The topological polar surface area (TPSA) is 21.3 Å². The molecule has 0 unspecified atom stereocenters. The highest BCUT2D eigenvalue weighted by Crippen LogP contribution is 2.14. The van der Waals surface area contributed by atoms with Crippen molar-refractivity contribution in [2.75, 3.05) is 32.2 Å². The van der Waals surface area contributed by atoms with Crippen molar-refractivity contribution >= 4 is 11.6 Å². The van der Waals surface area contributed by atoms with Gasteiger partial charge in [0.1, 0.15) is 0 Å². The molecule has 0 saturated heterocycles. The molecule has 1 N–H and O–H groups in total. The predicted octanol–water partition coefficient (Wildman–Crippen LogP) is 2.27. The minimum absolute atomic E-state index is 0.187. The van der Waals surface area contributed by atoms with Gasteiger partial charge in [0, 0.05) is 25.6 Å². The van der Waals surface area contributed by atoms with Crippen LogP contribution in [0.2, 0.25) is 0 Å². The molecule has 0 saturated carbocycles. The van der Waals surface area contributed by atoms with E-state index in [0.717, 1.165) is 32.7 Å². The lowest BCUT2D eigenvalue weighted by Crippen LogP contribution is -2.32. The SMILES string of the molecule is CCCOCCNCC(C)(C)CCl. The van der Waals surface area contributed by atoms with Crippen molar-refractivity contribution in [3.05, 3.63) is 0 Å². The van der Waals surface area contributed by atoms with Crippen molar-refractivity contribution in [3.63, 3.8) is 0 Å². The standard InChI is InChI=1S/C10H22ClNO/c1-4-6-13-7-5-12-9-10(2,3)8-11/h12H,4-9H2,1-3H3. The summed E-state index contributed by atoms with van der Waals surface area (Å²) < 4.78 is 5.34. The molecule has 0 fully saturated rings. The van der Waals surface area contributed by atoms with Crippen LogP contribution in [-0.2, 0) is 4.74 Å². The fourth-order valence-electron chi connectivity index (χ4n) is 0.865. The summed E-state index contributed by atoms with van der Waals surface area (Å²) in [7, 11) is 0. The van der Waals surface area contributed by atoms with E-state index in [9.17, 15) is 0 Å². The molecule has 0 spiro atoms. The van der Waals surface area contributed by atoms with Gasteiger partial charge >= 0.3 is 0 Å². The highest BCUT2D eigenvalue weighted by Gasteiger charge is 2.14. The molecule has 13 heavy (non-hydrogen) atoms. The van der Waals surface area contributed by atoms with Gasteiger partial charge in [-0.3, -0.25) is 0 Å². The van der Waals surface area contributed by atoms with E-state index in [1.165, 1.54) is 0 Å². The summed E-state index contributed by atoms with van der Waals surface area (Å²) in [6.07, 6.45) is 1.09. The summed E-state index contributed by atoms with van der Waals surface area (Å²) in [6, 6.07) is 0. The highest BCUT2D eigenvalue weighted by atomic mass is 35.5. The van der Waals surface area contributed by atoms with Crippen molar-refractivity contribution in [1.82, 2.24) is 5.32 Å². The maximum atomic E-state index is 5.78. The number of alkyl halides is 1. The Balaban J connectivity index is 3.16. The van der Waals surface area contributed by atoms with E-state index in [4.69, 9.17) is 16.3 Å². The predicted molar refractivity (Wildman–Crippen MR) is 58.5 cm³/mol. The molecule has 0 aromatic heterocycles. The number of nitrogens with one attached hydrogen (secondary N) is 1. The monoisotopic (exact) mass is 207 g/mol. The van der Waals surface area contributed by atoms with E-state index >= 15 is 0 Å². The summed E-state index contributed by atoms with van der Waals surface area (Å²) in [5.41, 5.74) is 0.187. The fraction of sp³-hybridized carbons (Fsp3) is 1.00. The summed E-state index contributed by atoms with van der Waals surface area (Å²) in [6.45, 7) is 9.95. The third-order valence-corrected chi connectivity index (χ3v) is 2.46. The fourth-order valence-corrected chi connectivity index (χ4v) is 0.959. The summed E-state index contributed by atoms with van der Waals surface area (Å²) in [5, 5.41) is 3.33. The molecule has 0 rings (SSSR count). The average molecular weight is 208 g/mol. The largest absolute Gasteiger partial charge is 0.380 e. The van der Waals surface area contributed by atoms with Gasteiger partial charge in [0.15, 0.2) is 0 Å². The Kier molecular flexibility index (Phi) is 7.72. The van der Waals surface area contributed by atoms with Gasteiger partial charge in [0.05, 0.1) is 6.61 Å². The summed E-state index contributed by atoms with van der Waals surface area (Å²) >= 11 is 5.78. The van der Waals surface area contributed by atoms with Crippen LogP contribution in [0, 0.1) is 5.41 Å². The first-order valence-corrected chi connectivity index (χ1v) is 5.50. The van der Waals surface area contributed by atoms with Crippen LogP contribution in [0.1, 0.15) is 27.2 Å². The highest BCUT2D eigenvalue weighted by molar-refractivity contribution is 6.18. The maximum Gasteiger partial charge on any atom is 0.0590 e. The molecule has 0 aliphatic rings. The Bertz CT molecular complexity index is 117. The van der Waals surface area contributed by atoms with Crippen LogP contribution in [-0.4, -0.2) is 32.2 Å². The van der Waals surface area contributed by atoms with Crippen LogP contribution in [0.3, 0.4) is 0 Å². The van der Waals surface area contributed by atoms with Gasteiger partial charge in [-0.05, 0) is 11.8 Å². The number of ether oxygens (including phenoxy) is 1. The van der Waals surface area contributed by atoms with Crippen molar-refractivity contribution in [2.24, 2.45) is 5.41 Å². The van der Waals surface area contributed by atoms with Gasteiger partial charge in [0.25, 0.3) is 0 Å². The first-order valence-electron chi connectivity index (χ1n) is 4.97. The maximum absolute atomic E-state index is 5.78. The molecule has 0 aliphatic carbocycles. The zero-order valence-corrected chi connectivity index (χ0v) is 9.78. The molecule has 0 radical (unpaired) electrons. The van der Waals surface area contributed by atoms with Gasteiger partial charge < -0.3 is 10.1 Å². The first-order chi connectivity index (χ1) is 6.12. The Labute approximate surface area is 87.0 Å². The number of hydrogen-bond donors (Lipinski definition) is 1. The smallest absolute Gasteiger partial charge is 0.0590 e. The second-order valence-electron chi connectivity index (χ2n) is 4.09. The van der Waals surface area contributed by atoms with Crippen LogP contribution in [0.5, 0.6) is 0 Å². The lowest BCUT2D eigenvalue weighted by atomic mass is 9.97. The van der Waals surface area contributed by atoms with Crippen LogP contribution >= 0.6 is 11.6 Å². The second kappa shape index (κ2) is 7.60. The van der Waals surface area contributed by atoms with E-state index in [2.05, 4.69) is 26.1 Å². The van der Waals surface area contributed by atoms with Gasteiger partial charge in [-0.15, -0.1) is 11.6 Å². The quantitative estimate of drug-likeness (QED) is 0.487. The molecule has 0 heterocycles. The zero-order valence-electron chi connectivity index (χ0n) is 9.03. The molecular formula is C10H22ClNO. The molecule has 0 amide bonds. The van der Waals surface area contributed by atoms with Gasteiger partial charge in [-0.25, -0.2) is 0 Å². The van der Waals surface area contributed by atoms with Crippen molar-refractivity contribution in [2.45, 2.75) is 27.2 Å².